The fourth-order valence-corrected chi connectivity index (χ4v) is 4.87. The molecule has 3 rings (SSSR count). The van der Waals surface area contributed by atoms with Gasteiger partial charge in [0, 0.05) is 26.3 Å². The second-order valence-electron chi connectivity index (χ2n) is 7.07. The van der Waals surface area contributed by atoms with E-state index in [0.717, 1.165) is 25.7 Å². The molecule has 2 fully saturated rings. The second kappa shape index (κ2) is 6.99. The van der Waals surface area contributed by atoms with Crippen LogP contribution in [0.15, 0.2) is 12.3 Å². The number of rotatable bonds is 4. The summed E-state index contributed by atoms with van der Waals surface area (Å²) in [6, 6.07) is 0.592. The smallest absolute Gasteiger partial charge is 0.272 e. The van der Waals surface area contributed by atoms with Gasteiger partial charge in [-0.15, -0.1) is 0 Å². The highest BCUT2D eigenvalue weighted by molar-refractivity contribution is 7.89. The molecule has 2 amide bonds. The van der Waals surface area contributed by atoms with E-state index in [9.17, 15) is 18.0 Å². The summed E-state index contributed by atoms with van der Waals surface area (Å²) < 4.78 is 27.9. The zero-order valence-electron chi connectivity index (χ0n) is 15.1. The van der Waals surface area contributed by atoms with E-state index in [0.29, 0.717) is 0 Å². The van der Waals surface area contributed by atoms with Gasteiger partial charge in [-0.3, -0.25) is 14.3 Å². The Morgan fingerprint density at radius 3 is 2.69 bits per heavy atom. The summed E-state index contributed by atoms with van der Waals surface area (Å²) in [6.45, 7) is 1.77. The molecule has 0 bridgehead atoms. The lowest BCUT2D eigenvalue weighted by Crippen LogP contribution is -2.54. The van der Waals surface area contributed by atoms with Gasteiger partial charge >= 0.3 is 0 Å². The Morgan fingerprint density at radius 2 is 2.12 bits per heavy atom. The third-order valence-electron chi connectivity index (χ3n) is 5.14. The van der Waals surface area contributed by atoms with E-state index in [-0.39, 0.29) is 30.4 Å². The summed E-state index contributed by atoms with van der Waals surface area (Å²) in [4.78, 5) is 25.1. The van der Waals surface area contributed by atoms with E-state index >= 15 is 0 Å². The molecule has 26 heavy (non-hydrogen) atoms. The van der Waals surface area contributed by atoms with E-state index < -0.39 is 27.5 Å². The SMILES string of the molecule is CCS(=O)(=O)N1CC(NC(=O)c2ccn(C)n2)C(=O)NC2(CCCC2)C1. The molecule has 1 aromatic rings. The number of carbonyl (C=O) groups excluding carboxylic acids is 2. The predicted molar refractivity (Wildman–Crippen MR) is 94.8 cm³/mol. The summed E-state index contributed by atoms with van der Waals surface area (Å²) >= 11 is 0. The Bertz CT molecular complexity index is 797. The van der Waals surface area contributed by atoms with Gasteiger partial charge in [0.25, 0.3) is 5.91 Å². The van der Waals surface area contributed by atoms with Gasteiger partial charge in [-0.25, -0.2) is 8.42 Å². The topological polar surface area (TPSA) is 113 Å². The van der Waals surface area contributed by atoms with Crippen molar-refractivity contribution in [2.75, 3.05) is 18.8 Å². The van der Waals surface area contributed by atoms with Crippen molar-refractivity contribution in [2.24, 2.45) is 7.05 Å². The first-order chi connectivity index (χ1) is 12.2. The highest BCUT2D eigenvalue weighted by Crippen LogP contribution is 2.32. The van der Waals surface area contributed by atoms with Crippen molar-refractivity contribution in [2.45, 2.75) is 44.2 Å². The zero-order chi connectivity index (χ0) is 18.9. The Kier molecular flexibility index (Phi) is 5.07. The highest BCUT2D eigenvalue weighted by Gasteiger charge is 2.45. The maximum absolute atomic E-state index is 12.7. The van der Waals surface area contributed by atoms with Crippen molar-refractivity contribution in [3.63, 3.8) is 0 Å². The van der Waals surface area contributed by atoms with Crippen molar-refractivity contribution < 1.29 is 18.0 Å². The number of nitrogens with zero attached hydrogens (tertiary/aromatic N) is 3. The molecule has 1 aliphatic heterocycles. The number of hydrogen-bond donors (Lipinski definition) is 2. The number of amides is 2. The third-order valence-corrected chi connectivity index (χ3v) is 6.94. The quantitative estimate of drug-likeness (QED) is 0.735. The average Bonchev–Trinajstić information content (AvgIpc) is 3.19. The Hall–Kier alpha value is -1.94. The number of aromatic nitrogens is 2. The van der Waals surface area contributed by atoms with E-state index in [1.807, 2.05) is 0 Å². The van der Waals surface area contributed by atoms with Gasteiger partial charge in [0.15, 0.2) is 0 Å². The maximum atomic E-state index is 12.7. The van der Waals surface area contributed by atoms with Crippen LogP contribution in [0.2, 0.25) is 0 Å². The van der Waals surface area contributed by atoms with E-state index in [4.69, 9.17) is 0 Å². The van der Waals surface area contributed by atoms with Crippen LogP contribution in [0.4, 0.5) is 0 Å². The van der Waals surface area contributed by atoms with Crippen LogP contribution in [0.25, 0.3) is 0 Å². The summed E-state index contributed by atoms with van der Waals surface area (Å²) in [5, 5.41) is 9.67. The summed E-state index contributed by atoms with van der Waals surface area (Å²) in [6.07, 6.45) is 5.02. The van der Waals surface area contributed by atoms with Crippen molar-refractivity contribution in [3.05, 3.63) is 18.0 Å². The molecule has 1 saturated heterocycles. The minimum atomic E-state index is -3.49. The molecule has 0 aromatic carbocycles. The van der Waals surface area contributed by atoms with Crippen LogP contribution in [-0.2, 0) is 21.9 Å². The van der Waals surface area contributed by atoms with Crippen LogP contribution in [0.3, 0.4) is 0 Å². The minimum Gasteiger partial charge on any atom is -0.348 e. The summed E-state index contributed by atoms with van der Waals surface area (Å²) in [5.41, 5.74) is -0.353. The first kappa shape index (κ1) is 18.8. The van der Waals surface area contributed by atoms with Gasteiger partial charge in [0.1, 0.15) is 11.7 Å². The minimum absolute atomic E-state index is 0.0435. The van der Waals surface area contributed by atoms with Gasteiger partial charge in [0.2, 0.25) is 15.9 Å². The third kappa shape index (κ3) is 3.75. The molecule has 0 radical (unpaired) electrons. The van der Waals surface area contributed by atoms with E-state index in [1.165, 1.54) is 8.99 Å². The van der Waals surface area contributed by atoms with Crippen LogP contribution < -0.4 is 10.6 Å². The lowest BCUT2D eigenvalue weighted by atomic mass is 9.98. The van der Waals surface area contributed by atoms with Crippen LogP contribution in [0, 0.1) is 0 Å². The second-order valence-corrected chi connectivity index (χ2v) is 9.33. The first-order valence-electron chi connectivity index (χ1n) is 8.85. The fraction of sp³-hybridized carbons (Fsp3) is 0.688. The van der Waals surface area contributed by atoms with E-state index in [1.54, 1.807) is 26.2 Å². The van der Waals surface area contributed by atoms with Crippen LogP contribution in [0.5, 0.6) is 0 Å². The lowest BCUT2D eigenvalue weighted by molar-refractivity contribution is -0.124. The first-order valence-corrected chi connectivity index (χ1v) is 10.5. The van der Waals surface area contributed by atoms with Gasteiger partial charge < -0.3 is 10.6 Å². The molecule has 1 spiro atoms. The van der Waals surface area contributed by atoms with Crippen LogP contribution in [0.1, 0.15) is 43.1 Å². The molecule has 2 aliphatic rings. The number of sulfonamides is 1. The van der Waals surface area contributed by atoms with Crippen LogP contribution in [-0.4, -0.2) is 64.7 Å². The Morgan fingerprint density at radius 1 is 1.42 bits per heavy atom. The maximum Gasteiger partial charge on any atom is 0.272 e. The predicted octanol–water partition coefficient (Wildman–Crippen LogP) is -0.387. The summed E-state index contributed by atoms with van der Waals surface area (Å²) in [5.74, 6) is -0.884. The average molecular weight is 383 g/mol. The molecule has 144 valence electrons. The highest BCUT2D eigenvalue weighted by atomic mass is 32.2. The molecule has 2 heterocycles. The molecule has 1 unspecified atom stereocenters. The molecule has 2 N–H and O–H groups in total. The zero-order valence-corrected chi connectivity index (χ0v) is 15.9. The van der Waals surface area contributed by atoms with Gasteiger partial charge in [0.05, 0.1) is 11.3 Å². The van der Waals surface area contributed by atoms with Gasteiger partial charge in [-0.05, 0) is 25.8 Å². The number of carbonyl (C=O) groups is 2. The van der Waals surface area contributed by atoms with Crippen molar-refractivity contribution >= 4 is 21.8 Å². The standard InChI is InChI=1S/C16H25N5O4S/c1-3-26(24,25)21-10-13(17-14(22)12-6-9-20(2)19-12)15(23)18-16(11-21)7-4-5-8-16/h6,9,13H,3-5,7-8,10-11H2,1-2H3,(H,17,22)(H,18,23). The molecule has 1 saturated carbocycles. The molecule has 1 atom stereocenters. The van der Waals surface area contributed by atoms with Gasteiger partial charge in [-0.1, -0.05) is 12.8 Å². The van der Waals surface area contributed by atoms with E-state index in [2.05, 4.69) is 15.7 Å². The number of aryl methyl sites for hydroxylation is 1. The van der Waals surface area contributed by atoms with Gasteiger partial charge in [-0.2, -0.15) is 9.40 Å². The summed E-state index contributed by atoms with van der Waals surface area (Å²) in [7, 11) is -1.80. The van der Waals surface area contributed by atoms with Crippen LogP contribution >= 0.6 is 0 Å². The molecule has 1 aromatic heterocycles. The number of nitrogens with one attached hydrogen (secondary N) is 2. The van der Waals surface area contributed by atoms with Crippen molar-refractivity contribution in [1.29, 1.82) is 0 Å². The monoisotopic (exact) mass is 383 g/mol. The normalized spacial score (nSPS) is 23.6. The number of hydrogen-bond acceptors (Lipinski definition) is 5. The Labute approximate surface area is 153 Å². The fourth-order valence-electron chi connectivity index (χ4n) is 3.69. The van der Waals surface area contributed by atoms with Crippen molar-refractivity contribution in [3.8, 4) is 0 Å². The largest absolute Gasteiger partial charge is 0.348 e. The molecule has 1 aliphatic carbocycles. The molecule has 9 nitrogen and oxygen atoms in total. The lowest BCUT2D eigenvalue weighted by Gasteiger charge is -2.32. The van der Waals surface area contributed by atoms with Crippen molar-refractivity contribution in [1.82, 2.24) is 24.7 Å². The molecular formula is C16H25N5O4S. The molecular weight excluding hydrogens is 358 g/mol. The Balaban J connectivity index is 1.84. The molecule has 10 heteroatoms.